The lowest BCUT2D eigenvalue weighted by atomic mass is 9.97. The largest absolute Gasteiger partial charge is 0.390 e. The highest BCUT2D eigenvalue weighted by atomic mass is 79.9. The smallest absolute Gasteiger partial charge is 0.0863 e. The molecule has 0 bridgehead atoms. The van der Waals surface area contributed by atoms with Crippen molar-refractivity contribution in [2.24, 2.45) is 5.92 Å². The van der Waals surface area contributed by atoms with E-state index in [9.17, 15) is 5.11 Å². The molecule has 0 aromatic carbocycles. The lowest BCUT2D eigenvalue weighted by molar-refractivity contribution is -0.0154. The maximum absolute atomic E-state index is 10.1. The highest BCUT2D eigenvalue weighted by Crippen LogP contribution is 2.28. The summed E-state index contributed by atoms with van der Waals surface area (Å²) >= 11 is 5.15. The standard InChI is InChI=1S/C11H15BrO2S/c1-7-2-4-14-11(7)9(13)6-10-8(12)3-5-15-10/h3,5,7,9,11,13H,2,4,6H2,1H3. The minimum absolute atomic E-state index is 0.0130. The third-order valence-electron chi connectivity index (χ3n) is 2.91. The van der Waals surface area contributed by atoms with Crippen LogP contribution in [0.4, 0.5) is 0 Å². The fraction of sp³-hybridized carbons (Fsp3) is 0.636. The first-order valence-electron chi connectivity index (χ1n) is 5.20. The number of aliphatic hydroxyl groups is 1. The summed E-state index contributed by atoms with van der Waals surface area (Å²) in [6.07, 6.45) is 1.39. The number of hydrogen-bond acceptors (Lipinski definition) is 3. The summed E-state index contributed by atoms with van der Waals surface area (Å²) in [5.74, 6) is 0.471. The Labute approximate surface area is 102 Å². The molecule has 0 amide bonds. The topological polar surface area (TPSA) is 29.5 Å². The summed E-state index contributed by atoms with van der Waals surface area (Å²) in [6, 6.07) is 2.02. The van der Waals surface area contributed by atoms with Crippen molar-refractivity contribution in [3.05, 3.63) is 20.8 Å². The Balaban J connectivity index is 1.97. The summed E-state index contributed by atoms with van der Waals surface area (Å²) in [5.41, 5.74) is 0. The first-order valence-corrected chi connectivity index (χ1v) is 6.87. The van der Waals surface area contributed by atoms with Crippen molar-refractivity contribution in [1.29, 1.82) is 0 Å². The van der Waals surface area contributed by atoms with Gasteiger partial charge in [-0.1, -0.05) is 6.92 Å². The molecule has 1 aromatic rings. The Bertz CT molecular complexity index is 326. The second kappa shape index (κ2) is 4.95. The fourth-order valence-corrected chi connectivity index (χ4v) is 3.55. The van der Waals surface area contributed by atoms with Gasteiger partial charge in [-0.15, -0.1) is 11.3 Å². The Kier molecular flexibility index (Phi) is 3.83. The lowest BCUT2D eigenvalue weighted by Gasteiger charge is -2.20. The molecule has 0 radical (unpaired) electrons. The summed E-state index contributed by atoms with van der Waals surface area (Å²) in [6.45, 7) is 2.93. The van der Waals surface area contributed by atoms with Gasteiger partial charge in [-0.05, 0) is 39.7 Å². The van der Waals surface area contributed by atoms with E-state index >= 15 is 0 Å². The van der Waals surface area contributed by atoms with Crippen LogP contribution in [0, 0.1) is 5.92 Å². The molecule has 3 unspecified atom stereocenters. The van der Waals surface area contributed by atoms with Crippen molar-refractivity contribution < 1.29 is 9.84 Å². The lowest BCUT2D eigenvalue weighted by Crippen LogP contribution is -2.31. The van der Waals surface area contributed by atoms with E-state index in [0.717, 1.165) is 17.5 Å². The molecule has 2 rings (SSSR count). The molecule has 1 fully saturated rings. The van der Waals surface area contributed by atoms with Crippen LogP contribution in [-0.4, -0.2) is 23.9 Å². The second-order valence-electron chi connectivity index (χ2n) is 4.06. The fourth-order valence-electron chi connectivity index (χ4n) is 1.99. The quantitative estimate of drug-likeness (QED) is 0.928. The van der Waals surface area contributed by atoms with Crippen LogP contribution in [0.15, 0.2) is 15.9 Å². The van der Waals surface area contributed by atoms with E-state index in [1.807, 2.05) is 11.4 Å². The third-order valence-corrected chi connectivity index (χ3v) is 4.86. The van der Waals surface area contributed by atoms with Crippen molar-refractivity contribution in [3.63, 3.8) is 0 Å². The van der Waals surface area contributed by atoms with Gasteiger partial charge in [0.15, 0.2) is 0 Å². The van der Waals surface area contributed by atoms with Gasteiger partial charge in [0.25, 0.3) is 0 Å². The van der Waals surface area contributed by atoms with Gasteiger partial charge in [0.1, 0.15) is 0 Å². The second-order valence-corrected chi connectivity index (χ2v) is 5.92. The molecule has 3 atom stereocenters. The van der Waals surface area contributed by atoms with E-state index in [-0.39, 0.29) is 12.2 Å². The molecule has 4 heteroatoms. The maximum atomic E-state index is 10.1. The van der Waals surface area contributed by atoms with Gasteiger partial charge in [-0.25, -0.2) is 0 Å². The molecule has 1 saturated heterocycles. The van der Waals surface area contributed by atoms with Gasteiger partial charge in [0, 0.05) is 22.4 Å². The van der Waals surface area contributed by atoms with Crippen LogP contribution in [0.3, 0.4) is 0 Å². The minimum atomic E-state index is -0.377. The van der Waals surface area contributed by atoms with Crippen LogP contribution in [0.1, 0.15) is 18.2 Å². The van der Waals surface area contributed by atoms with E-state index in [2.05, 4.69) is 22.9 Å². The van der Waals surface area contributed by atoms with Crippen LogP contribution in [0.25, 0.3) is 0 Å². The van der Waals surface area contributed by atoms with Crippen LogP contribution < -0.4 is 0 Å². The Morgan fingerprint density at radius 2 is 2.53 bits per heavy atom. The highest BCUT2D eigenvalue weighted by molar-refractivity contribution is 9.10. The van der Waals surface area contributed by atoms with Crippen molar-refractivity contribution in [2.45, 2.75) is 32.0 Å². The van der Waals surface area contributed by atoms with Crippen molar-refractivity contribution >= 4 is 27.3 Å². The van der Waals surface area contributed by atoms with E-state index < -0.39 is 0 Å². The molecule has 2 heterocycles. The van der Waals surface area contributed by atoms with Crippen LogP contribution in [-0.2, 0) is 11.2 Å². The highest BCUT2D eigenvalue weighted by Gasteiger charge is 2.31. The zero-order chi connectivity index (χ0) is 10.8. The van der Waals surface area contributed by atoms with Crippen LogP contribution in [0.5, 0.6) is 0 Å². The molecule has 1 N–H and O–H groups in total. The summed E-state index contributed by atoms with van der Waals surface area (Å²) in [7, 11) is 0. The average Bonchev–Trinajstić information content (AvgIpc) is 2.76. The molecule has 0 spiro atoms. The van der Waals surface area contributed by atoms with Gasteiger partial charge in [-0.2, -0.15) is 0 Å². The predicted octanol–water partition coefficient (Wildman–Crippen LogP) is 2.84. The summed E-state index contributed by atoms with van der Waals surface area (Å²) < 4.78 is 6.65. The van der Waals surface area contributed by atoms with Gasteiger partial charge in [0.05, 0.1) is 12.2 Å². The Morgan fingerprint density at radius 3 is 3.07 bits per heavy atom. The Morgan fingerprint density at radius 1 is 1.73 bits per heavy atom. The minimum Gasteiger partial charge on any atom is -0.390 e. The van der Waals surface area contributed by atoms with Gasteiger partial charge < -0.3 is 9.84 Å². The zero-order valence-electron chi connectivity index (χ0n) is 8.65. The number of hydrogen-bond donors (Lipinski definition) is 1. The van der Waals surface area contributed by atoms with Gasteiger partial charge in [0.2, 0.25) is 0 Å². The normalized spacial score (nSPS) is 28.2. The molecule has 1 aromatic heterocycles. The van der Waals surface area contributed by atoms with Crippen molar-refractivity contribution in [3.8, 4) is 0 Å². The average molecular weight is 291 g/mol. The van der Waals surface area contributed by atoms with E-state index in [1.165, 1.54) is 4.88 Å². The zero-order valence-corrected chi connectivity index (χ0v) is 11.1. The van der Waals surface area contributed by atoms with E-state index in [1.54, 1.807) is 11.3 Å². The molecular formula is C11H15BrO2S. The van der Waals surface area contributed by atoms with E-state index in [0.29, 0.717) is 12.3 Å². The number of ether oxygens (including phenoxy) is 1. The molecule has 0 saturated carbocycles. The first kappa shape index (κ1) is 11.6. The first-order chi connectivity index (χ1) is 7.18. The van der Waals surface area contributed by atoms with Crippen molar-refractivity contribution in [2.75, 3.05) is 6.61 Å². The van der Waals surface area contributed by atoms with Gasteiger partial charge in [-0.3, -0.25) is 0 Å². The third kappa shape index (κ3) is 2.61. The molecule has 0 aliphatic carbocycles. The monoisotopic (exact) mass is 290 g/mol. The predicted molar refractivity (Wildman–Crippen MR) is 65.3 cm³/mol. The number of thiophene rings is 1. The Hall–Kier alpha value is 0.100. The summed E-state index contributed by atoms with van der Waals surface area (Å²) in [5, 5.41) is 12.1. The number of halogens is 1. The molecular weight excluding hydrogens is 276 g/mol. The molecule has 15 heavy (non-hydrogen) atoms. The van der Waals surface area contributed by atoms with E-state index in [4.69, 9.17) is 4.74 Å². The van der Waals surface area contributed by atoms with Crippen molar-refractivity contribution in [1.82, 2.24) is 0 Å². The number of aliphatic hydroxyl groups excluding tert-OH is 1. The molecule has 1 aliphatic heterocycles. The SMILES string of the molecule is CC1CCOC1C(O)Cc1sccc1Br. The molecule has 84 valence electrons. The van der Waals surface area contributed by atoms with Crippen LogP contribution >= 0.6 is 27.3 Å². The molecule has 1 aliphatic rings. The summed E-state index contributed by atoms with van der Waals surface area (Å²) in [4.78, 5) is 1.20. The maximum Gasteiger partial charge on any atom is 0.0863 e. The molecule has 2 nitrogen and oxygen atoms in total. The van der Waals surface area contributed by atoms with Crippen LogP contribution in [0.2, 0.25) is 0 Å². The van der Waals surface area contributed by atoms with Gasteiger partial charge >= 0.3 is 0 Å². The number of rotatable bonds is 3.